The van der Waals surface area contributed by atoms with E-state index in [1.807, 2.05) is 0 Å². The number of nitrogens with zero attached hydrogens (tertiary/aromatic N) is 1. The first kappa shape index (κ1) is 23.4. The number of nitrogens with one attached hydrogen (secondary N) is 1. The van der Waals surface area contributed by atoms with Gasteiger partial charge in [0.05, 0.1) is 23.9 Å². The molecule has 0 spiro atoms. The lowest BCUT2D eigenvalue weighted by molar-refractivity contribution is -0.113. The summed E-state index contributed by atoms with van der Waals surface area (Å²) in [6.07, 6.45) is 0. The van der Waals surface area contributed by atoms with E-state index in [1.54, 1.807) is 37.3 Å². The molecule has 0 bridgehead atoms. The molecule has 0 aromatic heterocycles. The third-order valence-electron chi connectivity index (χ3n) is 4.60. The number of aryl methyl sites for hydroxylation is 1. The van der Waals surface area contributed by atoms with Crippen molar-refractivity contribution in [1.29, 1.82) is 0 Å². The van der Waals surface area contributed by atoms with Crippen LogP contribution in [0.2, 0.25) is 10.0 Å². The van der Waals surface area contributed by atoms with Crippen molar-refractivity contribution in [2.45, 2.75) is 17.6 Å². The Labute approximate surface area is 190 Å². The average Bonchev–Trinajstić information content (AvgIpc) is 2.72. The summed E-state index contributed by atoms with van der Waals surface area (Å²) in [5.41, 5.74) is 1.85. The predicted octanol–water partition coefficient (Wildman–Crippen LogP) is 4.19. The quantitative estimate of drug-likeness (QED) is 0.631. The van der Waals surface area contributed by atoms with E-state index in [0.29, 0.717) is 53.4 Å². The van der Waals surface area contributed by atoms with Crippen molar-refractivity contribution < 1.29 is 17.9 Å². The molecule has 162 valence electrons. The van der Waals surface area contributed by atoms with Crippen LogP contribution >= 0.6 is 35.0 Å². The van der Waals surface area contributed by atoms with Crippen LogP contribution in [0.15, 0.2) is 41.3 Å². The van der Waals surface area contributed by atoms with Crippen LogP contribution in [-0.4, -0.2) is 50.7 Å². The molecule has 0 saturated carbocycles. The molecule has 0 unspecified atom stereocenters. The molecule has 1 fully saturated rings. The molecule has 1 heterocycles. The number of halogens is 2. The van der Waals surface area contributed by atoms with Gasteiger partial charge in [-0.1, -0.05) is 35.3 Å². The molecule has 2 aromatic carbocycles. The minimum atomic E-state index is -3.65. The Morgan fingerprint density at radius 2 is 1.83 bits per heavy atom. The van der Waals surface area contributed by atoms with Gasteiger partial charge in [-0.25, -0.2) is 8.42 Å². The van der Waals surface area contributed by atoms with Crippen LogP contribution < -0.4 is 5.32 Å². The number of sulfonamides is 1. The van der Waals surface area contributed by atoms with Crippen LogP contribution in [-0.2, 0) is 25.3 Å². The fourth-order valence-corrected chi connectivity index (χ4v) is 6.22. The fourth-order valence-electron chi connectivity index (χ4n) is 2.99. The van der Waals surface area contributed by atoms with E-state index >= 15 is 0 Å². The zero-order valence-corrected chi connectivity index (χ0v) is 19.5. The number of carbonyl (C=O) groups excluding carboxylic acids is 1. The van der Waals surface area contributed by atoms with Crippen molar-refractivity contribution >= 4 is 56.6 Å². The number of hydrogen-bond acceptors (Lipinski definition) is 5. The lowest BCUT2D eigenvalue weighted by Gasteiger charge is -2.26. The summed E-state index contributed by atoms with van der Waals surface area (Å²) in [4.78, 5) is 12.5. The second kappa shape index (κ2) is 10.3. The number of benzene rings is 2. The summed E-state index contributed by atoms with van der Waals surface area (Å²) >= 11 is 13.7. The van der Waals surface area contributed by atoms with Crippen molar-refractivity contribution in [1.82, 2.24) is 4.31 Å². The molecule has 1 aliphatic heterocycles. The van der Waals surface area contributed by atoms with Crippen molar-refractivity contribution in [3.63, 3.8) is 0 Å². The van der Waals surface area contributed by atoms with Gasteiger partial charge in [0.15, 0.2) is 0 Å². The largest absolute Gasteiger partial charge is 0.379 e. The maximum Gasteiger partial charge on any atom is 0.243 e. The molecule has 6 nitrogen and oxygen atoms in total. The lowest BCUT2D eigenvalue weighted by Crippen LogP contribution is -2.40. The summed E-state index contributed by atoms with van der Waals surface area (Å²) in [7, 11) is -3.65. The first-order valence-electron chi connectivity index (χ1n) is 9.28. The maximum absolute atomic E-state index is 13.0. The molecule has 2 aromatic rings. The molecule has 30 heavy (non-hydrogen) atoms. The second-order valence-corrected chi connectivity index (χ2v) is 10.4. The zero-order valence-electron chi connectivity index (χ0n) is 16.4. The standard InChI is InChI=1S/C20H22Cl2N2O4S2/c1-14-5-6-15(11-19(14)30(26,27)24-7-9-28-10-8-24)23-20(25)13-29-12-16-17(21)3-2-4-18(16)22/h2-6,11H,7-10,12-13H2,1H3,(H,23,25). The van der Waals surface area contributed by atoms with Gasteiger partial charge in [0.1, 0.15) is 0 Å². The summed E-state index contributed by atoms with van der Waals surface area (Å²) in [6.45, 7) is 3.13. The van der Waals surface area contributed by atoms with Gasteiger partial charge in [-0.15, -0.1) is 11.8 Å². The van der Waals surface area contributed by atoms with Crippen molar-refractivity contribution in [2.75, 3.05) is 37.4 Å². The number of amides is 1. The molecule has 3 rings (SSSR count). The van der Waals surface area contributed by atoms with Crippen LogP contribution in [0.25, 0.3) is 0 Å². The van der Waals surface area contributed by atoms with Crippen molar-refractivity contribution in [3.8, 4) is 0 Å². The van der Waals surface area contributed by atoms with Gasteiger partial charge in [0.2, 0.25) is 15.9 Å². The van der Waals surface area contributed by atoms with E-state index in [4.69, 9.17) is 27.9 Å². The summed E-state index contributed by atoms with van der Waals surface area (Å²) in [5, 5.41) is 3.89. The first-order valence-corrected chi connectivity index (χ1v) is 12.6. The Morgan fingerprint density at radius 3 is 2.50 bits per heavy atom. The number of hydrogen-bond donors (Lipinski definition) is 1. The van der Waals surface area contributed by atoms with Gasteiger partial charge < -0.3 is 10.1 Å². The fraction of sp³-hybridized carbons (Fsp3) is 0.350. The Hall–Kier alpha value is -1.29. The summed E-state index contributed by atoms with van der Waals surface area (Å²) < 4.78 is 32.6. The number of carbonyl (C=O) groups is 1. The maximum atomic E-state index is 13.0. The minimum Gasteiger partial charge on any atom is -0.379 e. The van der Waals surface area contributed by atoms with Crippen LogP contribution in [0.5, 0.6) is 0 Å². The number of rotatable bonds is 7. The molecule has 0 radical (unpaired) electrons. The summed E-state index contributed by atoms with van der Waals surface area (Å²) in [6, 6.07) is 10.2. The number of thioether (sulfide) groups is 1. The Balaban J connectivity index is 1.64. The van der Waals surface area contributed by atoms with E-state index in [0.717, 1.165) is 5.56 Å². The molecule has 0 atom stereocenters. The van der Waals surface area contributed by atoms with Gasteiger partial charge in [-0.05, 0) is 42.3 Å². The van der Waals surface area contributed by atoms with Gasteiger partial charge in [-0.3, -0.25) is 4.79 Å². The Morgan fingerprint density at radius 1 is 1.17 bits per heavy atom. The number of morpholine rings is 1. The van der Waals surface area contributed by atoms with Crippen LogP contribution in [0.4, 0.5) is 5.69 Å². The molecule has 10 heteroatoms. The highest BCUT2D eigenvalue weighted by atomic mass is 35.5. The van der Waals surface area contributed by atoms with E-state index in [9.17, 15) is 13.2 Å². The van der Waals surface area contributed by atoms with Crippen molar-refractivity contribution in [3.05, 3.63) is 57.6 Å². The third kappa shape index (κ3) is 5.69. The second-order valence-electron chi connectivity index (χ2n) is 6.74. The first-order chi connectivity index (χ1) is 14.3. The minimum absolute atomic E-state index is 0.182. The van der Waals surface area contributed by atoms with Crippen LogP contribution in [0, 0.1) is 6.92 Å². The highest BCUT2D eigenvalue weighted by molar-refractivity contribution is 7.99. The molecule has 1 aliphatic rings. The molecule has 1 saturated heterocycles. The zero-order chi connectivity index (χ0) is 21.7. The molecule has 1 N–H and O–H groups in total. The monoisotopic (exact) mass is 488 g/mol. The SMILES string of the molecule is Cc1ccc(NC(=O)CSCc2c(Cl)cccc2Cl)cc1S(=O)(=O)N1CCOCC1. The Bertz CT molecular complexity index is 1010. The Kier molecular flexibility index (Phi) is 8.06. The van der Waals surface area contributed by atoms with E-state index in [-0.39, 0.29) is 16.6 Å². The van der Waals surface area contributed by atoms with E-state index < -0.39 is 10.0 Å². The third-order valence-corrected chi connectivity index (χ3v) is 8.31. The number of anilines is 1. The van der Waals surface area contributed by atoms with Crippen molar-refractivity contribution in [2.24, 2.45) is 0 Å². The smallest absolute Gasteiger partial charge is 0.243 e. The average molecular weight is 489 g/mol. The lowest BCUT2D eigenvalue weighted by atomic mass is 10.2. The topological polar surface area (TPSA) is 75.7 Å². The van der Waals surface area contributed by atoms with E-state index in [2.05, 4.69) is 5.32 Å². The molecule has 1 amide bonds. The summed E-state index contributed by atoms with van der Waals surface area (Å²) in [5.74, 6) is 0.444. The highest BCUT2D eigenvalue weighted by Crippen LogP contribution is 2.28. The normalized spacial score (nSPS) is 15.2. The van der Waals surface area contributed by atoms with Gasteiger partial charge in [0, 0.05) is 34.6 Å². The molecule has 0 aliphatic carbocycles. The van der Waals surface area contributed by atoms with Gasteiger partial charge in [-0.2, -0.15) is 4.31 Å². The van der Waals surface area contributed by atoms with Crippen LogP contribution in [0.1, 0.15) is 11.1 Å². The predicted molar refractivity (Wildman–Crippen MR) is 122 cm³/mol. The highest BCUT2D eigenvalue weighted by Gasteiger charge is 2.28. The molecular formula is C20H22Cl2N2O4S2. The van der Waals surface area contributed by atoms with Gasteiger partial charge >= 0.3 is 0 Å². The number of ether oxygens (including phenoxy) is 1. The van der Waals surface area contributed by atoms with Crippen LogP contribution in [0.3, 0.4) is 0 Å². The van der Waals surface area contributed by atoms with E-state index in [1.165, 1.54) is 22.1 Å². The molecular weight excluding hydrogens is 467 g/mol. The van der Waals surface area contributed by atoms with Gasteiger partial charge in [0.25, 0.3) is 0 Å².